The number of Topliss-reactive ketones (excluding diaryl/α,β-unsaturated/α-hetero) is 1. The molecule has 17 heavy (non-hydrogen) atoms. The SMILES string of the molecule is O=C(CC1CCSCC1)c1ccc(F)cc1F. The first-order valence-corrected chi connectivity index (χ1v) is 6.88. The lowest BCUT2D eigenvalue weighted by Crippen LogP contribution is -2.15. The molecule has 4 heteroatoms. The molecular formula is C13H14F2OS. The van der Waals surface area contributed by atoms with Gasteiger partial charge in [0, 0.05) is 12.5 Å². The van der Waals surface area contributed by atoms with Crippen LogP contribution in [0.1, 0.15) is 29.6 Å². The summed E-state index contributed by atoms with van der Waals surface area (Å²) in [6, 6.07) is 3.14. The van der Waals surface area contributed by atoms with E-state index in [2.05, 4.69) is 0 Å². The molecule has 0 aliphatic carbocycles. The van der Waals surface area contributed by atoms with Crippen LogP contribution in [0.2, 0.25) is 0 Å². The third kappa shape index (κ3) is 3.28. The van der Waals surface area contributed by atoms with E-state index in [0.717, 1.165) is 36.5 Å². The smallest absolute Gasteiger partial charge is 0.166 e. The van der Waals surface area contributed by atoms with Gasteiger partial charge in [0.1, 0.15) is 11.6 Å². The highest BCUT2D eigenvalue weighted by molar-refractivity contribution is 7.99. The molecule has 0 atom stereocenters. The predicted octanol–water partition coefficient (Wildman–Crippen LogP) is 3.68. The molecule has 1 nitrogen and oxygen atoms in total. The van der Waals surface area contributed by atoms with E-state index in [1.54, 1.807) is 0 Å². The van der Waals surface area contributed by atoms with Gasteiger partial charge in [-0.2, -0.15) is 11.8 Å². The summed E-state index contributed by atoms with van der Waals surface area (Å²) < 4.78 is 26.1. The van der Waals surface area contributed by atoms with Crippen LogP contribution in [-0.2, 0) is 0 Å². The number of carbonyl (C=O) groups excluding carboxylic acids is 1. The minimum absolute atomic E-state index is 0.0182. The average molecular weight is 256 g/mol. The second kappa shape index (κ2) is 5.63. The third-order valence-corrected chi connectivity index (χ3v) is 4.10. The Morgan fingerprint density at radius 3 is 2.65 bits per heavy atom. The van der Waals surface area contributed by atoms with Crippen LogP contribution < -0.4 is 0 Å². The lowest BCUT2D eigenvalue weighted by Gasteiger charge is -2.20. The second-order valence-electron chi connectivity index (χ2n) is 4.31. The largest absolute Gasteiger partial charge is 0.294 e. The maximum absolute atomic E-state index is 13.4. The van der Waals surface area contributed by atoms with E-state index in [4.69, 9.17) is 0 Å². The molecule has 0 radical (unpaired) electrons. The van der Waals surface area contributed by atoms with Crippen molar-refractivity contribution >= 4 is 17.5 Å². The molecule has 1 aromatic carbocycles. The van der Waals surface area contributed by atoms with Gasteiger partial charge in [-0.05, 0) is 42.4 Å². The van der Waals surface area contributed by atoms with E-state index >= 15 is 0 Å². The fourth-order valence-electron chi connectivity index (χ4n) is 2.04. The van der Waals surface area contributed by atoms with Gasteiger partial charge >= 0.3 is 0 Å². The summed E-state index contributed by atoms with van der Waals surface area (Å²) in [5, 5.41) is 0. The summed E-state index contributed by atoms with van der Waals surface area (Å²) in [6.07, 6.45) is 2.40. The Balaban J connectivity index is 2.03. The molecule has 0 saturated carbocycles. The Hall–Kier alpha value is -0.900. The van der Waals surface area contributed by atoms with E-state index in [9.17, 15) is 13.6 Å². The lowest BCUT2D eigenvalue weighted by molar-refractivity contribution is 0.0954. The topological polar surface area (TPSA) is 17.1 Å². The summed E-state index contributed by atoms with van der Waals surface area (Å²) in [4.78, 5) is 11.9. The van der Waals surface area contributed by atoms with Crippen molar-refractivity contribution in [1.29, 1.82) is 0 Å². The highest BCUT2D eigenvalue weighted by Gasteiger charge is 2.20. The van der Waals surface area contributed by atoms with Crippen molar-refractivity contribution in [2.45, 2.75) is 19.3 Å². The maximum Gasteiger partial charge on any atom is 0.166 e. The van der Waals surface area contributed by atoms with Gasteiger partial charge in [-0.15, -0.1) is 0 Å². The number of rotatable bonds is 3. The normalized spacial score (nSPS) is 17.1. The van der Waals surface area contributed by atoms with Crippen LogP contribution in [0.4, 0.5) is 8.78 Å². The van der Waals surface area contributed by atoms with Crippen LogP contribution in [-0.4, -0.2) is 17.3 Å². The second-order valence-corrected chi connectivity index (χ2v) is 5.53. The van der Waals surface area contributed by atoms with Gasteiger partial charge in [0.25, 0.3) is 0 Å². The molecule has 0 spiro atoms. The Morgan fingerprint density at radius 2 is 2.00 bits per heavy atom. The number of benzene rings is 1. The zero-order chi connectivity index (χ0) is 12.3. The third-order valence-electron chi connectivity index (χ3n) is 3.05. The number of hydrogen-bond donors (Lipinski definition) is 0. The van der Waals surface area contributed by atoms with E-state index in [0.29, 0.717) is 12.3 Å². The fraction of sp³-hybridized carbons (Fsp3) is 0.462. The zero-order valence-corrected chi connectivity index (χ0v) is 10.2. The molecule has 1 aromatic rings. The number of thioether (sulfide) groups is 1. The Bertz CT molecular complexity index is 414. The Labute approximate surface area is 104 Å². The molecule has 1 aliphatic heterocycles. The van der Waals surface area contributed by atoms with E-state index in [1.807, 2.05) is 11.8 Å². The molecule has 0 aromatic heterocycles. The van der Waals surface area contributed by atoms with Crippen molar-refractivity contribution in [2.75, 3.05) is 11.5 Å². The molecule has 2 rings (SSSR count). The van der Waals surface area contributed by atoms with Crippen molar-refractivity contribution in [3.63, 3.8) is 0 Å². The summed E-state index contributed by atoms with van der Waals surface area (Å²) in [7, 11) is 0. The van der Waals surface area contributed by atoms with Gasteiger partial charge in [0.15, 0.2) is 5.78 Å². The van der Waals surface area contributed by atoms with Gasteiger partial charge in [0.2, 0.25) is 0 Å². The number of carbonyl (C=O) groups is 1. The first-order chi connectivity index (χ1) is 8.16. The lowest BCUT2D eigenvalue weighted by atomic mass is 9.93. The Morgan fingerprint density at radius 1 is 1.29 bits per heavy atom. The monoisotopic (exact) mass is 256 g/mol. The molecule has 1 saturated heterocycles. The summed E-state index contributed by atoms with van der Waals surface area (Å²) >= 11 is 1.89. The zero-order valence-electron chi connectivity index (χ0n) is 9.42. The fourth-order valence-corrected chi connectivity index (χ4v) is 3.24. The first-order valence-electron chi connectivity index (χ1n) is 5.73. The number of hydrogen-bond acceptors (Lipinski definition) is 2. The Kier molecular flexibility index (Phi) is 4.15. The van der Waals surface area contributed by atoms with Crippen LogP contribution in [0.15, 0.2) is 18.2 Å². The van der Waals surface area contributed by atoms with E-state index in [-0.39, 0.29) is 11.3 Å². The van der Waals surface area contributed by atoms with Gasteiger partial charge in [-0.1, -0.05) is 0 Å². The number of ketones is 1. The van der Waals surface area contributed by atoms with Crippen LogP contribution in [0.25, 0.3) is 0 Å². The molecular weight excluding hydrogens is 242 g/mol. The first kappa shape index (κ1) is 12.6. The van der Waals surface area contributed by atoms with Crippen molar-refractivity contribution in [3.05, 3.63) is 35.4 Å². The van der Waals surface area contributed by atoms with Crippen molar-refractivity contribution in [3.8, 4) is 0 Å². The molecule has 0 bridgehead atoms. The molecule has 1 heterocycles. The standard InChI is InChI=1S/C13H14F2OS/c14-10-1-2-11(12(15)8-10)13(16)7-9-3-5-17-6-4-9/h1-2,8-9H,3-7H2. The minimum atomic E-state index is -0.750. The van der Waals surface area contributed by atoms with E-state index in [1.165, 1.54) is 6.07 Å². The molecule has 0 amide bonds. The van der Waals surface area contributed by atoms with Crippen molar-refractivity contribution < 1.29 is 13.6 Å². The van der Waals surface area contributed by atoms with Crippen molar-refractivity contribution in [2.24, 2.45) is 5.92 Å². The predicted molar refractivity (Wildman–Crippen MR) is 65.4 cm³/mol. The summed E-state index contributed by atoms with van der Waals surface area (Å²) in [6.45, 7) is 0. The van der Waals surface area contributed by atoms with Crippen LogP contribution in [0, 0.1) is 17.6 Å². The van der Waals surface area contributed by atoms with Gasteiger partial charge in [0.05, 0.1) is 5.56 Å². The van der Waals surface area contributed by atoms with Crippen LogP contribution >= 0.6 is 11.8 Å². The molecule has 1 aliphatic rings. The molecule has 0 N–H and O–H groups in total. The van der Waals surface area contributed by atoms with Crippen molar-refractivity contribution in [1.82, 2.24) is 0 Å². The van der Waals surface area contributed by atoms with Crippen LogP contribution in [0.5, 0.6) is 0 Å². The highest BCUT2D eigenvalue weighted by atomic mass is 32.2. The summed E-state index contributed by atoms with van der Waals surface area (Å²) in [5.74, 6) is 0.897. The maximum atomic E-state index is 13.4. The van der Waals surface area contributed by atoms with Gasteiger partial charge in [-0.25, -0.2) is 8.78 Å². The minimum Gasteiger partial charge on any atom is -0.294 e. The quantitative estimate of drug-likeness (QED) is 0.767. The molecule has 92 valence electrons. The van der Waals surface area contributed by atoms with E-state index < -0.39 is 11.6 Å². The molecule has 1 fully saturated rings. The van der Waals surface area contributed by atoms with Gasteiger partial charge < -0.3 is 0 Å². The highest BCUT2D eigenvalue weighted by Crippen LogP contribution is 2.27. The average Bonchev–Trinajstić information content (AvgIpc) is 2.30. The van der Waals surface area contributed by atoms with Gasteiger partial charge in [-0.3, -0.25) is 4.79 Å². The number of halogens is 2. The summed E-state index contributed by atoms with van der Waals surface area (Å²) in [5.41, 5.74) is 0.0182. The van der Waals surface area contributed by atoms with Crippen LogP contribution in [0.3, 0.4) is 0 Å². The molecule has 0 unspecified atom stereocenters.